The van der Waals surface area contributed by atoms with Crippen molar-refractivity contribution in [2.75, 3.05) is 40.4 Å². The number of carbonyl (C=O) groups excluding carboxylic acids is 2. The number of hydrogen-bond donors (Lipinski definition) is 1. The van der Waals surface area contributed by atoms with Crippen molar-refractivity contribution in [2.45, 2.75) is 19.4 Å². The van der Waals surface area contributed by atoms with Gasteiger partial charge >= 0.3 is 6.03 Å². The number of amides is 3. The lowest BCUT2D eigenvalue weighted by Crippen LogP contribution is -2.40. The topological polar surface area (TPSA) is 101 Å². The molecule has 1 aliphatic heterocycles. The zero-order valence-corrected chi connectivity index (χ0v) is 13.0. The molecule has 0 spiro atoms. The molecule has 1 aliphatic rings. The molecule has 0 unspecified atom stereocenters. The Bertz CT molecular complexity index is 532. The molecule has 1 N–H and O–H groups in total. The van der Waals surface area contributed by atoms with Crippen LogP contribution in [0.25, 0.3) is 0 Å². The van der Waals surface area contributed by atoms with E-state index in [1.54, 1.807) is 26.0 Å². The van der Waals surface area contributed by atoms with Gasteiger partial charge in [-0.1, -0.05) is 5.16 Å². The lowest BCUT2D eigenvalue weighted by molar-refractivity contribution is -0.122. The molecule has 1 atom stereocenters. The molecule has 2 heterocycles. The maximum absolute atomic E-state index is 12.0. The summed E-state index contributed by atoms with van der Waals surface area (Å²) in [6.45, 7) is 3.47. The van der Waals surface area contributed by atoms with E-state index in [4.69, 9.17) is 9.26 Å². The zero-order valence-electron chi connectivity index (χ0n) is 13.0. The van der Waals surface area contributed by atoms with Crippen LogP contribution in [0.3, 0.4) is 0 Å². The second kappa shape index (κ2) is 7.21. The van der Waals surface area contributed by atoms with Crippen LogP contribution in [0, 0.1) is 0 Å². The van der Waals surface area contributed by atoms with Crippen molar-refractivity contribution in [1.29, 1.82) is 0 Å². The van der Waals surface area contributed by atoms with E-state index < -0.39 is 6.04 Å². The molecule has 1 aromatic heterocycles. The monoisotopic (exact) mass is 311 g/mol. The molecule has 3 amide bonds. The Morgan fingerprint density at radius 3 is 2.91 bits per heavy atom. The molecule has 0 bridgehead atoms. The number of nitrogens with zero attached hydrogens (tertiary/aromatic N) is 4. The third kappa shape index (κ3) is 3.94. The van der Waals surface area contributed by atoms with Gasteiger partial charge in [0.15, 0.2) is 5.82 Å². The van der Waals surface area contributed by atoms with Gasteiger partial charge in [-0.15, -0.1) is 0 Å². The van der Waals surface area contributed by atoms with Crippen LogP contribution in [0.15, 0.2) is 4.52 Å². The highest BCUT2D eigenvalue weighted by Crippen LogP contribution is 2.11. The fraction of sp³-hybridized carbons (Fsp3) is 0.692. The highest BCUT2D eigenvalue weighted by Gasteiger charge is 2.27. The van der Waals surface area contributed by atoms with Crippen LogP contribution in [-0.2, 0) is 16.0 Å². The Hall–Kier alpha value is -2.16. The van der Waals surface area contributed by atoms with Crippen LogP contribution in [0.4, 0.5) is 4.79 Å². The van der Waals surface area contributed by atoms with Crippen LogP contribution < -0.4 is 5.32 Å². The second-order valence-electron chi connectivity index (χ2n) is 5.21. The number of hydrogen-bond acceptors (Lipinski definition) is 6. The molecule has 122 valence electrons. The lowest BCUT2D eigenvalue weighted by Gasteiger charge is -2.16. The van der Waals surface area contributed by atoms with Gasteiger partial charge in [0.1, 0.15) is 12.6 Å². The second-order valence-corrected chi connectivity index (χ2v) is 5.21. The van der Waals surface area contributed by atoms with Crippen molar-refractivity contribution in [2.24, 2.45) is 0 Å². The molecule has 9 heteroatoms. The van der Waals surface area contributed by atoms with Gasteiger partial charge in [0.25, 0.3) is 0 Å². The summed E-state index contributed by atoms with van der Waals surface area (Å²) in [7, 11) is 3.31. The van der Waals surface area contributed by atoms with Gasteiger partial charge in [-0.3, -0.25) is 4.79 Å². The molecular weight excluding hydrogens is 290 g/mol. The summed E-state index contributed by atoms with van der Waals surface area (Å²) in [5, 5.41) is 6.57. The van der Waals surface area contributed by atoms with E-state index in [9.17, 15) is 9.59 Å². The molecule has 0 radical (unpaired) electrons. The number of urea groups is 1. The summed E-state index contributed by atoms with van der Waals surface area (Å²) in [6.07, 6.45) is 0.551. The molecule has 22 heavy (non-hydrogen) atoms. The predicted octanol–water partition coefficient (Wildman–Crippen LogP) is -0.197. The smallest absolute Gasteiger partial charge is 0.320 e. The molecule has 2 rings (SSSR count). The average molecular weight is 311 g/mol. The quantitative estimate of drug-likeness (QED) is 0.748. The summed E-state index contributed by atoms with van der Waals surface area (Å²) in [4.78, 5) is 31.0. The summed E-state index contributed by atoms with van der Waals surface area (Å²) in [6, 6.07) is -0.547. The van der Waals surface area contributed by atoms with E-state index in [1.165, 1.54) is 4.90 Å². The third-order valence-electron chi connectivity index (χ3n) is 3.40. The van der Waals surface area contributed by atoms with E-state index in [2.05, 4.69) is 15.5 Å². The highest BCUT2D eigenvalue weighted by atomic mass is 16.5. The van der Waals surface area contributed by atoms with E-state index >= 15 is 0 Å². The SMILES string of the molecule is COCCc1noc([C@@H](C)NC(=O)CN2CCN(C)C2=O)n1. The Morgan fingerprint density at radius 2 is 2.27 bits per heavy atom. The van der Waals surface area contributed by atoms with Gasteiger partial charge in [0.05, 0.1) is 6.61 Å². The van der Waals surface area contributed by atoms with Gasteiger partial charge in [0, 0.05) is 33.7 Å². The molecule has 1 saturated heterocycles. The standard InChI is InChI=1S/C13H21N5O4/c1-9(12-15-10(16-22-12)4-7-21-3)14-11(19)8-18-6-5-17(2)13(18)20/h9H,4-8H2,1-3H3,(H,14,19)/t9-/m1/s1. The molecule has 9 nitrogen and oxygen atoms in total. The number of methoxy groups -OCH3 is 1. The summed E-state index contributed by atoms with van der Waals surface area (Å²) < 4.78 is 10.1. The molecule has 0 aliphatic carbocycles. The molecular formula is C13H21N5O4. The molecule has 0 saturated carbocycles. The zero-order chi connectivity index (χ0) is 16.1. The van der Waals surface area contributed by atoms with Gasteiger partial charge in [0.2, 0.25) is 11.8 Å². The first-order chi connectivity index (χ1) is 10.5. The van der Waals surface area contributed by atoms with Gasteiger partial charge in [-0.25, -0.2) is 4.79 Å². The number of nitrogens with one attached hydrogen (secondary N) is 1. The van der Waals surface area contributed by atoms with Crippen molar-refractivity contribution in [3.63, 3.8) is 0 Å². The maximum atomic E-state index is 12.0. The Labute approximate surface area is 128 Å². The fourth-order valence-electron chi connectivity index (χ4n) is 2.11. The Morgan fingerprint density at radius 1 is 1.50 bits per heavy atom. The van der Waals surface area contributed by atoms with E-state index in [0.717, 1.165) is 0 Å². The van der Waals surface area contributed by atoms with E-state index in [0.29, 0.717) is 37.8 Å². The maximum Gasteiger partial charge on any atom is 0.320 e. The summed E-state index contributed by atoms with van der Waals surface area (Å²) in [5.74, 6) is 0.617. The third-order valence-corrected chi connectivity index (χ3v) is 3.40. The molecule has 0 aromatic carbocycles. The predicted molar refractivity (Wildman–Crippen MR) is 76.0 cm³/mol. The van der Waals surface area contributed by atoms with Gasteiger partial charge in [-0.05, 0) is 6.92 Å². The molecule has 1 fully saturated rings. The Kier molecular flexibility index (Phi) is 5.31. The fourth-order valence-corrected chi connectivity index (χ4v) is 2.11. The first-order valence-corrected chi connectivity index (χ1v) is 7.12. The van der Waals surface area contributed by atoms with Crippen LogP contribution in [-0.4, -0.2) is 72.3 Å². The highest BCUT2D eigenvalue weighted by molar-refractivity contribution is 5.85. The van der Waals surface area contributed by atoms with Crippen LogP contribution in [0.1, 0.15) is 24.7 Å². The molecule has 1 aromatic rings. The largest absolute Gasteiger partial charge is 0.384 e. The Balaban J connectivity index is 1.83. The normalized spacial score (nSPS) is 16.2. The first-order valence-electron chi connectivity index (χ1n) is 7.12. The number of carbonyl (C=O) groups is 2. The van der Waals surface area contributed by atoms with Crippen molar-refractivity contribution >= 4 is 11.9 Å². The van der Waals surface area contributed by atoms with Crippen LogP contribution in [0.5, 0.6) is 0 Å². The van der Waals surface area contributed by atoms with E-state index in [-0.39, 0.29) is 18.5 Å². The summed E-state index contributed by atoms with van der Waals surface area (Å²) in [5.41, 5.74) is 0. The summed E-state index contributed by atoms with van der Waals surface area (Å²) >= 11 is 0. The lowest BCUT2D eigenvalue weighted by atomic mass is 10.3. The first kappa shape index (κ1) is 16.2. The van der Waals surface area contributed by atoms with Crippen molar-refractivity contribution in [3.05, 3.63) is 11.7 Å². The van der Waals surface area contributed by atoms with E-state index in [1.807, 2.05) is 0 Å². The van der Waals surface area contributed by atoms with Crippen molar-refractivity contribution in [3.8, 4) is 0 Å². The van der Waals surface area contributed by atoms with Crippen molar-refractivity contribution in [1.82, 2.24) is 25.3 Å². The van der Waals surface area contributed by atoms with Gasteiger partial charge < -0.3 is 24.4 Å². The number of aromatic nitrogens is 2. The van der Waals surface area contributed by atoms with Crippen LogP contribution >= 0.6 is 0 Å². The van der Waals surface area contributed by atoms with Crippen molar-refractivity contribution < 1.29 is 18.8 Å². The minimum absolute atomic E-state index is 0.0260. The minimum Gasteiger partial charge on any atom is -0.384 e. The minimum atomic E-state index is -0.410. The number of likely N-dealkylation sites (N-methyl/N-ethyl adjacent to an activating group) is 1. The number of rotatable bonds is 7. The number of ether oxygens (including phenoxy) is 1. The van der Waals surface area contributed by atoms with Crippen LogP contribution in [0.2, 0.25) is 0 Å². The van der Waals surface area contributed by atoms with Gasteiger partial charge in [-0.2, -0.15) is 4.98 Å². The average Bonchev–Trinajstić information content (AvgIpc) is 3.07.